The number of hydrogen-bond donors (Lipinski definition) is 1. The number of morpholine rings is 1. The van der Waals surface area contributed by atoms with E-state index in [2.05, 4.69) is 24.8 Å². The largest absolute Gasteiger partial charge is 0.397 e. The molecule has 0 spiro atoms. The summed E-state index contributed by atoms with van der Waals surface area (Å²) in [4.78, 5) is 2.22. The molecule has 0 saturated carbocycles. The van der Waals surface area contributed by atoms with Crippen LogP contribution in [0, 0.1) is 11.3 Å². The molecule has 0 aromatic heterocycles. The van der Waals surface area contributed by atoms with Crippen LogP contribution in [0.2, 0.25) is 0 Å². The van der Waals surface area contributed by atoms with Crippen LogP contribution in [0.5, 0.6) is 0 Å². The van der Waals surface area contributed by atoms with Crippen LogP contribution in [0.1, 0.15) is 19.4 Å². The first kappa shape index (κ1) is 11.7. The summed E-state index contributed by atoms with van der Waals surface area (Å²) in [6.45, 7) is 5.78. The molecule has 4 nitrogen and oxygen atoms in total. The van der Waals surface area contributed by atoms with Crippen molar-refractivity contribution < 1.29 is 4.74 Å². The van der Waals surface area contributed by atoms with Crippen LogP contribution in [0.3, 0.4) is 0 Å². The van der Waals surface area contributed by atoms with Crippen LogP contribution in [-0.2, 0) is 4.74 Å². The van der Waals surface area contributed by atoms with Crippen molar-refractivity contribution in [3.05, 3.63) is 23.8 Å². The molecule has 0 bridgehead atoms. The van der Waals surface area contributed by atoms with Gasteiger partial charge in [0, 0.05) is 13.1 Å². The van der Waals surface area contributed by atoms with Crippen molar-refractivity contribution in [3.8, 4) is 6.07 Å². The third-order valence-corrected chi connectivity index (χ3v) is 2.92. The predicted octanol–water partition coefficient (Wildman–Crippen LogP) is 1.75. The molecule has 1 aromatic carbocycles. The van der Waals surface area contributed by atoms with Gasteiger partial charge in [0.05, 0.1) is 35.2 Å². The molecule has 90 valence electrons. The third-order valence-electron chi connectivity index (χ3n) is 2.92. The van der Waals surface area contributed by atoms with E-state index >= 15 is 0 Å². The fourth-order valence-electron chi connectivity index (χ4n) is 2.29. The van der Waals surface area contributed by atoms with E-state index in [4.69, 9.17) is 15.7 Å². The minimum Gasteiger partial charge on any atom is -0.397 e. The molecule has 1 aliphatic rings. The van der Waals surface area contributed by atoms with Crippen molar-refractivity contribution in [1.29, 1.82) is 5.26 Å². The number of nitrogens with zero attached hydrogens (tertiary/aromatic N) is 2. The molecule has 1 aliphatic heterocycles. The highest BCUT2D eigenvalue weighted by Gasteiger charge is 2.23. The van der Waals surface area contributed by atoms with Gasteiger partial charge in [-0.1, -0.05) is 0 Å². The second-order valence-corrected chi connectivity index (χ2v) is 4.55. The van der Waals surface area contributed by atoms with Gasteiger partial charge in [-0.2, -0.15) is 5.26 Å². The van der Waals surface area contributed by atoms with E-state index in [9.17, 15) is 0 Å². The molecule has 2 atom stereocenters. The van der Waals surface area contributed by atoms with Crippen molar-refractivity contribution >= 4 is 11.4 Å². The average molecular weight is 231 g/mol. The first-order valence-electron chi connectivity index (χ1n) is 5.80. The fourth-order valence-corrected chi connectivity index (χ4v) is 2.29. The quantitative estimate of drug-likeness (QED) is 0.748. The molecule has 17 heavy (non-hydrogen) atoms. The number of ether oxygens (including phenoxy) is 1. The lowest BCUT2D eigenvalue weighted by Gasteiger charge is -2.37. The van der Waals surface area contributed by atoms with Gasteiger partial charge >= 0.3 is 0 Å². The molecule has 2 rings (SSSR count). The molecule has 1 saturated heterocycles. The van der Waals surface area contributed by atoms with Gasteiger partial charge in [-0.25, -0.2) is 0 Å². The van der Waals surface area contributed by atoms with Gasteiger partial charge in [-0.15, -0.1) is 0 Å². The standard InChI is InChI=1S/C13H17N3O/c1-9-7-16(8-10(2)17-9)13-4-3-11(6-14)5-12(13)15/h3-5,9-10H,7-8,15H2,1-2H3/t9-,10-/m0/s1. The number of nitriles is 1. The van der Waals surface area contributed by atoms with Crippen LogP contribution in [0.15, 0.2) is 18.2 Å². The maximum atomic E-state index is 8.81. The van der Waals surface area contributed by atoms with Crippen LogP contribution < -0.4 is 10.6 Å². The third kappa shape index (κ3) is 2.51. The zero-order chi connectivity index (χ0) is 12.4. The van der Waals surface area contributed by atoms with Crippen LogP contribution >= 0.6 is 0 Å². The van der Waals surface area contributed by atoms with Gasteiger partial charge in [0.25, 0.3) is 0 Å². The molecule has 2 N–H and O–H groups in total. The van der Waals surface area contributed by atoms with Gasteiger partial charge < -0.3 is 15.4 Å². The van der Waals surface area contributed by atoms with Crippen molar-refractivity contribution in [2.45, 2.75) is 26.1 Å². The van der Waals surface area contributed by atoms with Gasteiger partial charge in [-0.3, -0.25) is 0 Å². The number of anilines is 2. The van der Waals surface area contributed by atoms with Crippen LogP contribution in [0.25, 0.3) is 0 Å². The summed E-state index contributed by atoms with van der Waals surface area (Å²) >= 11 is 0. The second kappa shape index (κ2) is 4.64. The van der Waals surface area contributed by atoms with Gasteiger partial charge in [0.2, 0.25) is 0 Å². The Morgan fingerprint density at radius 1 is 1.35 bits per heavy atom. The van der Waals surface area contributed by atoms with Crippen LogP contribution in [0.4, 0.5) is 11.4 Å². The Labute approximate surface area is 102 Å². The molecule has 0 amide bonds. The predicted molar refractivity (Wildman–Crippen MR) is 67.8 cm³/mol. The topological polar surface area (TPSA) is 62.3 Å². The Kier molecular flexibility index (Phi) is 3.21. The zero-order valence-corrected chi connectivity index (χ0v) is 10.2. The maximum Gasteiger partial charge on any atom is 0.0992 e. The highest BCUT2D eigenvalue weighted by atomic mass is 16.5. The summed E-state index contributed by atoms with van der Waals surface area (Å²) in [6.07, 6.45) is 0.405. The van der Waals surface area contributed by atoms with E-state index in [0.717, 1.165) is 18.8 Å². The Bertz CT molecular complexity index is 442. The van der Waals surface area contributed by atoms with Gasteiger partial charge in [-0.05, 0) is 32.0 Å². The number of nitrogen functional groups attached to an aromatic ring is 1. The highest BCUT2D eigenvalue weighted by molar-refractivity contribution is 5.69. The molecule has 0 radical (unpaired) electrons. The highest BCUT2D eigenvalue weighted by Crippen LogP contribution is 2.27. The van der Waals surface area contributed by atoms with Gasteiger partial charge in [0.1, 0.15) is 0 Å². The van der Waals surface area contributed by atoms with Crippen molar-refractivity contribution in [2.75, 3.05) is 23.7 Å². The monoisotopic (exact) mass is 231 g/mol. The summed E-state index contributed by atoms with van der Waals surface area (Å²) in [6, 6.07) is 7.53. The van der Waals surface area contributed by atoms with E-state index in [1.54, 1.807) is 12.1 Å². The molecule has 1 fully saturated rings. The lowest BCUT2D eigenvalue weighted by Crippen LogP contribution is -2.45. The molecule has 0 unspecified atom stereocenters. The summed E-state index contributed by atoms with van der Waals surface area (Å²) in [7, 11) is 0. The lowest BCUT2D eigenvalue weighted by atomic mass is 10.1. The molecule has 1 aromatic rings. The van der Waals surface area contributed by atoms with Crippen LogP contribution in [-0.4, -0.2) is 25.3 Å². The minimum atomic E-state index is 0.203. The molecular weight excluding hydrogens is 214 g/mol. The second-order valence-electron chi connectivity index (χ2n) is 4.55. The zero-order valence-electron chi connectivity index (χ0n) is 10.2. The number of rotatable bonds is 1. The molecule has 1 heterocycles. The first-order chi connectivity index (χ1) is 8.10. The summed E-state index contributed by atoms with van der Waals surface area (Å²) in [5, 5.41) is 8.81. The molecular formula is C13H17N3O. The lowest BCUT2D eigenvalue weighted by molar-refractivity contribution is -0.00517. The van der Waals surface area contributed by atoms with E-state index in [1.165, 1.54) is 0 Å². The molecule has 0 aliphatic carbocycles. The van der Waals surface area contributed by atoms with E-state index in [0.29, 0.717) is 11.3 Å². The Morgan fingerprint density at radius 2 is 2.00 bits per heavy atom. The van der Waals surface area contributed by atoms with E-state index in [-0.39, 0.29) is 12.2 Å². The Morgan fingerprint density at radius 3 is 2.53 bits per heavy atom. The number of benzene rings is 1. The fraction of sp³-hybridized carbons (Fsp3) is 0.462. The van der Waals surface area contributed by atoms with E-state index < -0.39 is 0 Å². The average Bonchev–Trinajstić information content (AvgIpc) is 2.27. The normalized spacial score (nSPS) is 24.4. The summed E-state index contributed by atoms with van der Waals surface area (Å²) in [5.74, 6) is 0. The Hall–Kier alpha value is -1.73. The van der Waals surface area contributed by atoms with Crippen molar-refractivity contribution in [3.63, 3.8) is 0 Å². The van der Waals surface area contributed by atoms with Crippen molar-refractivity contribution in [2.24, 2.45) is 0 Å². The smallest absolute Gasteiger partial charge is 0.0992 e. The van der Waals surface area contributed by atoms with Gasteiger partial charge in [0.15, 0.2) is 0 Å². The molecule has 4 heteroatoms. The number of nitrogens with two attached hydrogens (primary N) is 1. The Balaban J connectivity index is 2.25. The first-order valence-corrected chi connectivity index (χ1v) is 5.80. The minimum absolute atomic E-state index is 0.203. The number of hydrogen-bond acceptors (Lipinski definition) is 4. The maximum absolute atomic E-state index is 8.81. The van der Waals surface area contributed by atoms with Crippen molar-refractivity contribution in [1.82, 2.24) is 0 Å². The van der Waals surface area contributed by atoms with E-state index in [1.807, 2.05) is 6.07 Å². The summed E-state index contributed by atoms with van der Waals surface area (Å²) < 4.78 is 5.69. The summed E-state index contributed by atoms with van der Waals surface area (Å²) in [5.41, 5.74) is 8.23. The SMILES string of the molecule is C[C@H]1CN(c2ccc(C#N)cc2N)C[C@H](C)O1.